The quantitative estimate of drug-likeness (QED) is 0.877. The first-order valence-electron chi connectivity index (χ1n) is 6.13. The number of nitrogens with two attached hydrogens (primary N) is 1. The molecule has 0 aliphatic carbocycles. The molecule has 0 aliphatic heterocycles. The van der Waals surface area contributed by atoms with E-state index in [4.69, 9.17) is 5.73 Å². The number of thiophene rings is 1. The zero-order valence-electron chi connectivity index (χ0n) is 10.8. The molecule has 96 valence electrons. The summed E-state index contributed by atoms with van der Waals surface area (Å²) in [5.41, 5.74) is 8.88. The molecule has 2 aromatic rings. The first-order chi connectivity index (χ1) is 8.68. The molecule has 0 saturated heterocycles. The standard InChI is InChI=1S/C15H19NS2/c1-11-6-3-4-7-13(11)10-18-15(12(2)16)14-8-5-9-17-14/h3-9,12,15H,10,16H2,1-2H3. The van der Waals surface area contributed by atoms with Crippen molar-refractivity contribution in [3.63, 3.8) is 0 Å². The van der Waals surface area contributed by atoms with Crippen molar-refractivity contribution in [1.29, 1.82) is 0 Å². The average molecular weight is 277 g/mol. The van der Waals surface area contributed by atoms with Crippen LogP contribution in [0, 0.1) is 6.92 Å². The number of rotatable bonds is 5. The minimum absolute atomic E-state index is 0.178. The Morgan fingerprint density at radius 2 is 2.00 bits per heavy atom. The second kappa shape index (κ2) is 6.41. The summed E-state index contributed by atoms with van der Waals surface area (Å²) in [7, 11) is 0. The van der Waals surface area contributed by atoms with Crippen LogP contribution < -0.4 is 5.73 Å². The third-order valence-electron chi connectivity index (χ3n) is 2.98. The van der Waals surface area contributed by atoms with Gasteiger partial charge in [-0.25, -0.2) is 0 Å². The fraction of sp³-hybridized carbons (Fsp3) is 0.333. The predicted octanol–water partition coefficient (Wildman–Crippen LogP) is 4.38. The molecule has 0 fully saturated rings. The molecule has 1 aromatic carbocycles. The Hall–Kier alpha value is -0.770. The summed E-state index contributed by atoms with van der Waals surface area (Å²) in [5.74, 6) is 1.02. The van der Waals surface area contributed by atoms with Crippen molar-refractivity contribution in [2.24, 2.45) is 5.73 Å². The van der Waals surface area contributed by atoms with E-state index in [0.29, 0.717) is 5.25 Å². The summed E-state index contributed by atoms with van der Waals surface area (Å²) in [4.78, 5) is 1.38. The minimum Gasteiger partial charge on any atom is -0.327 e. The Labute approximate surface area is 117 Å². The first-order valence-corrected chi connectivity index (χ1v) is 8.06. The van der Waals surface area contributed by atoms with E-state index < -0.39 is 0 Å². The zero-order chi connectivity index (χ0) is 13.0. The molecule has 2 atom stereocenters. The third kappa shape index (κ3) is 3.37. The SMILES string of the molecule is Cc1ccccc1CSC(c1cccs1)C(C)N. The van der Waals surface area contributed by atoms with Crippen molar-refractivity contribution in [2.45, 2.75) is 30.9 Å². The number of hydrogen-bond acceptors (Lipinski definition) is 3. The summed E-state index contributed by atoms with van der Waals surface area (Å²) >= 11 is 3.74. The molecule has 2 rings (SSSR count). The van der Waals surface area contributed by atoms with Gasteiger partial charge in [-0.3, -0.25) is 0 Å². The molecule has 2 unspecified atom stereocenters. The molecule has 1 aromatic heterocycles. The minimum atomic E-state index is 0.178. The maximum absolute atomic E-state index is 6.12. The Morgan fingerprint density at radius 1 is 1.22 bits per heavy atom. The van der Waals surface area contributed by atoms with Crippen LogP contribution in [0.15, 0.2) is 41.8 Å². The second-order valence-corrected chi connectivity index (χ2v) is 6.64. The highest BCUT2D eigenvalue weighted by molar-refractivity contribution is 7.98. The molecule has 0 bridgehead atoms. The van der Waals surface area contributed by atoms with Crippen molar-refractivity contribution < 1.29 is 0 Å². The lowest BCUT2D eigenvalue weighted by molar-refractivity contribution is 0.730. The highest BCUT2D eigenvalue weighted by Gasteiger charge is 2.17. The zero-order valence-corrected chi connectivity index (χ0v) is 12.4. The van der Waals surface area contributed by atoms with Crippen LogP contribution in [0.5, 0.6) is 0 Å². The van der Waals surface area contributed by atoms with E-state index in [0.717, 1.165) is 5.75 Å². The van der Waals surface area contributed by atoms with E-state index in [1.807, 2.05) is 11.8 Å². The van der Waals surface area contributed by atoms with Gasteiger partial charge in [0.15, 0.2) is 0 Å². The largest absolute Gasteiger partial charge is 0.327 e. The van der Waals surface area contributed by atoms with Gasteiger partial charge in [0.2, 0.25) is 0 Å². The summed E-state index contributed by atoms with van der Waals surface area (Å²) in [6.45, 7) is 4.26. The maximum atomic E-state index is 6.12. The van der Waals surface area contributed by atoms with E-state index in [9.17, 15) is 0 Å². The summed E-state index contributed by atoms with van der Waals surface area (Å²) in [6.07, 6.45) is 0. The molecule has 1 heterocycles. The first kappa shape index (κ1) is 13.7. The van der Waals surface area contributed by atoms with Crippen molar-refractivity contribution in [1.82, 2.24) is 0 Å². The van der Waals surface area contributed by atoms with Crippen LogP contribution >= 0.6 is 23.1 Å². The number of aryl methyl sites for hydroxylation is 1. The van der Waals surface area contributed by atoms with Gasteiger partial charge in [0.05, 0.1) is 5.25 Å². The summed E-state index contributed by atoms with van der Waals surface area (Å²) in [6, 6.07) is 13.0. The molecule has 0 amide bonds. The van der Waals surface area contributed by atoms with Gasteiger partial charge in [-0.15, -0.1) is 23.1 Å². The highest BCUT2D eigenvalue weighted by Crippen LogP contribution is 2.36. The Kier molecular flexibility index (Phi) is 4.87. The lowest BCUT2D eigenvalue weighted by atomic mass is 10.1. The Morgan fingerprint density at radius 3 is 2.61 bits per heavy atom. The van der Waals surface area contributed by atoms with Gasteiger partial charge in [-0.05, 0) is 36.4 Å². The van der Waals surface area contributed by atoms with E-state index in [1.165, 1.54) is 16.0 Å². The van der Waals surface area contributed by atoms with Crippen LogP contribution in [0.4, 0.5) is 0 Å². The van der Waals surface area contributed by atoms with Crippen LogP contribution in [0.2, 0.25) is 0 Å². The predicted molar refractivity (Wildman–Crippen MR) is 83.2 cm³/mol. The normalized spacial score (nSPS) is 14.4. The van der Waals surface area contributed by atoms with E-state index in [2.05, 4.69) is 55.6 Å². The molecule has 0 aliphatic rings. The van der Waals surface area contributed by atoms with Gasteiger partial charge in [0.1, 0.15) is 0 Å². The number of thioether (sulfide) groups is 1. The van der Waals surface area contributed by atoms with Crippen LogP contribution in [-0.2, 0) is 5.75 Å². The molecule has 0 radical (unpaired) electrons. The lowest BCUT2D eigenvalue weighted by Crippen LogP contribution is -2.22. The van der Waals surface area contributed by atoms with Gasteiger partial charge in [0.25, 0.3) is 0 Å². The molecule has 18 heavy (non-hydrogen) atoms. The molecule has 3 heteroatoms. The Balaban J connectivity index is 2.05. The van der Waals surface area contributed by atoms with Gasteiger partial charge in [-0.2, -0.15) is 0 Å². The number of benzene rings is 1. The van der Waals surface area contributed by atoms with Gasteiger partial charge in [0, 0.05) is 16.7 Å². The second-order valence-electron chi connectivity index (χ2n) is 4.53. The molecular weight excluding hydrogens is 258 g/mol. The van der Waals surface area contributed by atoms with Crippen LogP contribution in [0.1, 0.15) is 28.2 Å². The molecule has 2 N–H and O–H groups in total. The smallest absolute Gasteiger partial charge is 0.0542 e. The topological polar surface area (TPSA) is 26.0 Å². The monoisotopic (exact) mass is 277 g/mol. The van der Waals surface area contributed by atoms with Crippen molar-refractivity contribution in [3.05, 3.63) is 57.8 Å². The molecular formula is C15H19NS2. The van der Waals surface area contributed by atoms with Crippen LogP contribution in [-0.4, -0.2) is 6.04 Å². The van der Waals surface area contributed by atoms with Crippen LogP contribution in [0.25, 0.3) is 0 Å². The molecule has 0 spiro atoms. The lowest BCUT2D eigenvalue weighted by Gasteiger charge is -2.19. The van der Waals surface area contributed by atoms with Gasteiger partial charge >= 0.3 is 0 Å². The van der Waals surface area contributed by atoms with Crippen molar-refractivity contribution in [2.75, 3.05) is 0 Å². The Bertz CT molecular complexity index is 477. The highest BCUT2D eigenvalue weighted by atomic mass is 32.2. The maximum Gasteiger partial charge on any atom is 0.0542 e. The average Bonchev–Trinajstić information content (AvgIpc) is 2.85. The van der Waals surface area contributed by atoms with E-state index >= 15 is 0 Å². The third-order valence-corrected chi connectivity index (χ3v) is 5.61. The van der Waals surface area contributed by atoms with Crippen molar-refractivity contribution >= 4 is 23.1 Å². The van der Waals surface area contributed by atoms with Crippen molar-refractivity contribution in [3.8, 4) is 0 Å². The molecule has 0 saturated carbocycles. The van der Waals surface area contributed by atoms with Crippen LogP contribution in [0.3, 0.4) is 0 Å². The molecule has 1 nitrogen and oxygen atoms in total. The van der Waals surface area contributed by atoms with E-state index in [1.54, 1.807) is 11.3 Å². The number of hydrogen-bond donors (Lipinski definition) is 1. The van der Waals surface area contributed by atoms with E-state index in [-0.39, 0.29) is 6.04 Å². The fourth-order valence-corrected chi connectivity index (χ4v) is 4.32. The van der Waals surface area contributed by atoms with Gasteiger partial charge < -0.3 is 5.73 Å². The summed E-state index contributed by atoms with van der Waals surface area (Å²) in [5, 5.41) is 2.52. The fourth-order valence-electron chi connectivity index (χ4n) is 1.90. The summed E-state index contributed by atoms with van der Waals surface area (Å²) < 4.78 is 0. The van der Waals surface area contributed by atoms with Gasteiger partial charge in [-0.1, -0.05) is 30.3 Å².